The predicted octanol–water partition coefficient (Wildman–Crippen LogP) is 1.32. The van der Waals surface area contributed by atoms with E-state index in [1.54, 1.807) is 6.20 Å². The SMILES string of the molecule is Nc1cccc2c1CCN(c1ccc(C(=O)NC3CCNC3)cn1)C2. The van der Waals surface area contributed by atoms with Gasteiger partial charge in [0, 0.05) is 37.6 Å². The number of nitrogens with two attached hydrogens (primary N) is 1. The number of amides is 1. The molecule has 3 heterocycles. The Labute approximate surface area is 147 Å². The minimum atomic E-state index is -0.0514. The quantitative estimate of drug-likeness (QED) is 0.736. The van der Waals surface area contributed by atoms with Crippen molar-refractivity contribution in [1.29, 1.82) is 0 Å². The van der Waals surface area contributed by atoms with Crippen LogP contribution >= 0.6 is 0 Å². The van der Waals surface area contributed by atoms with E-state index in [2.05, 4.69) is 26.6 Å². The summed E-state index contributed by atoms with van der Waals surface area (Å²) in [6.45, 7) is 3.48. The molecule has 2 aromatic rings. The van der Waals surface area contributed by atoms with Gasteiger partial charge in [0.05, 0.1) is 5.56 Å². The van der Waals surface area contributed by atoms with Gasteiger partial charge in [0.1, 0.15) is 5.82 Å². The van der Waals surface area contributed by atoms with Gasteiger partial charge in [-0.2, -0.15) is 0 Å². The van der Waals surface area contributed by atoms with E-state index in [4.69, 9.17) is 5.73 Å². The average Bonchev–Trinajstić information content (AvgIpc) is 3.15. The minimum absolute atomic E-state index is 0.0514. The van der Waals surface area contributed by atoms with Gasteiger partial charge in [0.25, 0.3) is 5.91 Å². The van der Waals surface area contributed by atoms with E-state index < -0.39 is 0 Å². The number of nitrogen functional groups attached to an aromatic ring is 1. The summed E-state index contributed by atoms with van der Waals surface area (Å²) >= 11 is 0. The lowest BCUT2D eigenvalue weighted by Crippen LogP contribution is -2.36. The number of hydrogen-bond acceptors (Lipinski definition) is 5. The molecule has 1 aromatic carbocycles. The van der Waals surface area contributed by atoms with Gasteiger partial charge >= 0.3 is 0 Å². The first-order valence-corrected chi connectivity index (χ1v) is 8.79. The van der Waals surface area contributed by atoms with Gasteiger partial charge in [0.2, 0.25) is 0 Å². The lowest BCUT2D eigenvalue weighted by Gasteiger charge is -2.30. The number of pyridine rings is 1. The minimum Gasteiger partial charge on any atom is -0.398 e. The van der Waals surface area contributed by atoms with E-state index >= 15 is 0 Å². The molecule has 0 radical (unpaired) electrons. The van der Waals surface area contributed by atoms with Crippen molar-refractivity contribution in [2.45, 2.75) is 25.4 Å². The second kappa shape index (κ2) is 6.72. The highest BCUT2D eigenvalue weighted by atomic mass is 16.1. The molecule has 0 saturated carbocycles. The van der Waals surface area contributed by atoms with Crippen LogP contribution in [-0.4, -0.2) is 36.6 Å². The summed E-state index contributed by atoms with van der Waals surface area (Å²) in [6.07, 6.45) is 3.57. The lowest BCUT2D eigenvalue weighted by atomic mass is 9.98. The molecule has 1 aromatic heterocycles. The maximum Gasteiger partial charge on any atom is 0.253 e. The number of fused-ring (bicyclic) bond motifs is 1. The number of benzene rings is 1. The second-order valence-electron chi connectivity index (χ2n) is 6.72. The highest BCUT2D eigenvalue weighted by Gasteiger charge is 2.20. The van der Waals surface area contributed by atoms with Gasteiger partial charge in [-0.3, -0.25) is 4.79 Å². The van der Waals surface area contributed by atoms with Crippen molar-refractivity contribution >= 4 is 17.4 Å². The van der Waals surface area contributed by atoms with Gasteiger partial charge in [-0.05, 0) is 48.7 Å². The zero-order chi connectivity index (χ0) is 17.2. The number of nitrogens with one attached hydrogen (secondary N) is 2. The maximum atomic E-state index is 12.3. The van der Waals surface area contributed by atoms with Crippen molar-refractivity contribution in [2.24, 2.45) is 0 Å². The fourth-order valence-electron chi connectivity index (χ4n) is 3.59. The summed E-state index contributed by atoms with van der Waals surface area (Å²) in [6, 6.07) is 10.1. The summed E-state index contributed by atoms with van der Waals surface area (Å²) in [5.41, 5.74) is 10.0. The van der Waals surface area contributed by atoms with Gasteiger partial charge in [-0.1, -0.05) is 12.1 Å². The number of anilines is 2. The van der Waals surface area contributed by atoms with Gasteiger partial charge in [-0.15, -0.1) is 0 Å². The molecule has 1 unspecified atom stereocenters. The molecule has 0 spiro atoms. The zero-order valence-corrected chi connectivity index (χ0v) is 14.2. The highest BCUT2D eigenvalue weighted by Crippen LogP contribution is 2.26. The molecule has 130 valence electrons. The van der Waals surface area contributed by atoms with E-state index in [0.29, 0.717) is 5.56 Å². The molecule has 0 bridgehead atoms. The van der Waals surface area contributed by atoms with Crippen molar-refractivity contribution in [1.82, 2.24) is 15.6 Å². The first-order chi connectivity index (χ1) is 12.2. The normalized spacial score (nSPS) is 19.5. The third kappa shape index (κ3) is 3.30. The molecule has 1 amide bonds. The summed E-state index contributed by atoms with van der Waals surface area (Å²) in [5.74, 6) is 0.844. The van der Waals surface area contributed by atoms with Crippen LogP contribution in [0.25, 0.3) is 0 Å². The lowest BCUT2D eigenvalue weighted by molar-refractivity contribution is 0.0939. The smallest absolute Gasteiger partial charge is 0.253 e. The van der Waals surface area contributed by atoms with Crippen molar-refractivity contribution in [2.75, 3.05) is 30.3 Å². The fraction of sp³-hybridized carbons (Fsp3) is 0.368. The Balaban J connectivity index is 1.44. The van der Waals surface area contributed by atoms with Crippen LogP contribution in [0.5, 0.6) is 0 Å². The summed E-state index contributed by atoms with van der Waals surface area (Å²) < 4.78 is 0. The third-order valence-corrected chi connectivity index (χ3v) is 5.03. The van der Waals surface area contributed by atoms with E-state index in [0.717, 1.165) is 50.5 Å². The summed E-state index contributed by atoms with van der Waals surface area (Å²) in [5, 5.41) is 6.29. The molecule has 2 aliphatic rings. The zero-order valence-electron chi connectivity index (χ0n) is 14.2. The van der Waals surface area contributed by atoms with Crippen LogP contribution in [0.15, 0.2) is 36.5 Å². The second-order valence-corrected chi connectivity index (χ2v) is 6.72. The molecular weight excluding hydrogens is 314 g/mol. The molecule has 1 fully saturated rings. The van der Waals surface area contributed by atoms with Crippen LogP contribution in [0.2, 0.25) is 0 Å². The average molecular weight is 337 g/mol. The summed E-state index contributed by atoms with van der Waals surface area (Å²) in [7, 11) is 0. The van der Waals surface area contributed by atoms with Gasteiger partial charge in [0.15, 0.2) is 0 Å². The van der Waals surface area contributed by atoms with Crippen LogP contribution in [0.1, 0.15) is 27.9 Å². The number of carbonyl (C=O) groups is 1. The van der Waals surface area contributed by atoms with Gasteiger partial charge in [-0.25, -0.2) is 4.98 Å². The first-order valence-electron chi connectivity index (χ1n) is 8.79. The van der Waals surface area contributed by atoms with Crippen LogP contribution in [0.4, 0.5) is 11.5 Å². The van der Waals surface area contributed by atoms with E-state index in [1.807, 2.05) is 24.3 Å². The molecule has 0 aliphatic carbocycles. The topological polar surface area (TPSA) is 83.3 Å². The van der Waals surface area contributed by atoms with E-state index in [1.165, 1.54) is 11.1 Å². The number of aromatic nitrogens is 1. The predicted molar refractivity (Wildman–Crippen MR) is 98.6 cm³/mol. The molecule has 1 atom stereocenters. The molecule has 25 heavy (non-hydrogen) atoms. The Morgan fingerprint density at radius 3 is 3.00 bits per heavy atom. The van der Waals surface area contributed by atoms with Crippen molar-refractivity contribution in [3.8, 4) is 0 Å². The van der Waals surface area contributed by atoms with Crippen LogP contribution in [0, 0.1) is 0 Å². The Morgan fingerprint density at radius 1 is 1.32 bits per heavy atom. The standard InChI is InChI=1S/C19H23N5O/c20-17-3-1-2-14-12-24(9-7-16(14)17)18-5-4-13(10-22-18)19(25)23-15-6-8-21-11-15/h1-5,10,15,21H,6-9,11-12,20H2,(H,23,25). The summed E-state index contributed by atoms with van der Waals surface area (Å²) in [4.78, 5) is 19.0. The fourth-order valence-corrected chi connectivity index (χ4v) is 3.59. The third-order valence-electron chi connectivity index (χ3n) is 5.03. The molecule has 6 heteroatoms. The number of hydrogen-bond donors (Lipinski definition) is 3. The Morgan fingerprint density at radius 2 is 2.24 bits per heavy atom. The molecule has 4 N–H and O–H groups in total. The maximum absolute atomic E-state index is 12.3. The van der Waals surface area contributed by atoms with Crippen LogP contribution in [0.3, 0.4) is 0 Å². The first kappa shape index (κ1) is 15.9. The number of rotatable bonds is 3. The van der Waals surface area contributed by atoms with Crippen LogP contribution in [-0.2, 0) is 13.0 Å². The van der Waals surface area contributed by atoms with E-state index in [9.17, 15) is 4.79 Å². The van der Waals surface area contributed by atoms with E-state index in [-0.39, 0.29) is 11.9 Å². The molecular formula is C19H23N5O. The molecule has 6 nitrogen and oxygen atoms in total. The molecule has 2 aliphatic heterocycles. The number of nitrogens with zero attached hydrogens (tertiary/aromatic N) is 2. The van der Waals surface area contributed by atoms with Crippen molar-refractivity contribution in [3.05, 3.63) is 53.2 Å². The molecule has 1 saturated heterocycles. The number of carbonyl (C=O) groups excluding carboxylic acids is 1. The largest absolute Gasteiger partial charge is 0.398 e. The Hall–Kier alpha value is -2.60. The highest BCUT2D eigenvalue weighted by molar-refractivity contribution is 5.94. The molecule has 4 rings (SSSR count). The monoisotopic (exact) mass is 337 g/mol. The Kier molecular flexibility index (Phi) is 4.28. The van der Waals surface area contributed by atoms with Crippen LogP contribution < -0.4 is 21.3 Å². The van der Waals surface area contributed by atoms with Crippen molar-refractivity contribution in [3.63, 3.8) is 0 Å². The van der Waals surface area contributed by atoms with Crippen molar-refractivity contribution < 1.29 is 4.79 Å². The Bertz CT molecular complexity index is 768. The van der Waals surface area contributed by atoms with Gasteiger partial charge < -0.3 is 21.3 Å².